The zero-order chi connectivity index (χ0) is 11.9. The molecule has 2 rings (SSSR count). The van der Waals surface area contributed by atoms with E-state index in [1.54, 1.807) is 0 Å². The molecule has 86 valence electrons. The van der Waals surface area contributed by atoms with E-state index in [0.717, 1.165) is 6.07 Å². The number of aryl methyl sites for hydroxylation is 1. The number of carboxylic acids is 1. The largest absolute Gasteiger partial charge is 0.481 e. The van der Waals surface area contributed by atoms with Gasteiger partial charge in [-0.2, -0.15) is 13.2 Å². The molecule has 1 aromatic heterocycles. The van der Waals surface area contributed by atoms with Gasteiger partial charge in [-0.05, 0) is 24.5 Å². The van der Waals surface area contributed by atoms with Gasteiger partial charge in [0.1, 0.15) is 5.69 Å². The highest BCUT2D eigenvalue weighted by Crippen LogP contribution is 2.35. The molecule has 1 aliphatic rings. The molecule has 1 atom stereocenters. The van der Waals surface area contributed by atoms with Crippen LogP contribution in [0.15, 0.2) is 12.1 Å². The van der Waals surface area contributed by atoms with Crippen LogP contribution < -0.4 is 0 Å². The number of rotatable bonds is 1. The Bertz CT molecular complexity index is 442. The SMILES string of the molecule is O=C(O)C1CCc2nc(C(F)(F)F)ccc21. The standard InChI is InChI=1S/C10H8F3NO2/c11-10(12,13)8-4-2-5-6(9(15)16)1-3-7(5)14-8/h2,4,6H,1,3H2,(H,15,16). The van der Waals surface area contributed by atoms with Gasteiger partial charge in [-0.15, -0.1) is 0 Å². The third-order valence-corrected chi connectivity index (χ3v) is 2.64. The number of hydrogen-bond acceptors (Lipinski definition) is 2. The molecule has 0 saturated carbocycles. The van der Waals surface area contributed by atoms with Crippen LogP contribution in [0.4, 0.5) is 13.2 Å². The molecule has 1 unspecified atom stereocenters. The first-order valence-electron chi connectivity index (χ1n) is 4.69. The van der Waals surface area contributed by atoms with Gasteiger partial charge in [0, 0.05) is 5.69 Å². The molecule has 6 heteroatoms. The van der Waals surface area contributed by atoms with E-state index in [-0.39, 0.29) is 12.1 Å². The Balaban J connectivity index is 2.40. The summed E-state index contributed by atoms with van der Waals surface area (Å²) < 4.78 is 37.0. The van der Waals surface area contributed by atoms with Gasteiger partial charge >= 0.3 is 12.1 Å². The maximum Gasteiger partial charge on any atom is 0.433 e. The fraction of sp³-hybridized carbons (Fsp3) is 0.400. The van der Waals surface area contributed by atoms with E-state index in [1.165, 1.54) is 6.07 Å². The second-order valence-corrected chi connectivity index (χ2v) is 3.66. The van der Waals surface area contributed by atoms with Crippen molar-refractivity contribution in [3.05, 3.63) is 29.1 Å². The minimum atomic E-state index is -4.48. The second kappa shape index (κ2) is 3.47. The first kappa shape index (κ1) is 10.9. The van der Waals surface area contributed by atoms with Crippen LogP contribution in [0.3, 0.4) is 0 Å². The summed E-state index contributed by atoms with van der Waals surface area (Å²) in [6, 6.07) is 2.05. The van der Waals surface area contributed by atoms with Crippen LogP contribution in [0.25, 0.3) is 0 Å². The van der Waals surface area contributed by atoms with E-state index in [9.17, 15) is 18.0 Å². The number of pyridine rings is 1. The van der Waals surface area contributed by atoms with Crippen LogP contribution in [-0.4, -0.2) is 16.1 Å². The van der Waals surface area contributed by atoms with Crippen LogP contribution in [0, 0.1) is 0 Å². The molecule has 0 aromatic carbocycles. The number of halogens is 3. The summed E-state index contributed by atoms with van der Waals surface area (Å²) >= 11 is 0. The molecule has 16 heavy (non-hydrogen) atoms. The predicted molar refractivity (Wildman–Crippen MR) is 47.9 cm³/mol. The topological polar surface area (TPSA) is 50.2 Å². The number of nitrogens with zero attached hydrogens (tertiary/aromatic N) is 1. The van der Waals surface area contributed by atoms with Crippen LogP contribution in [0.1, 0.15) is 29.3 Å². The van der Waals surface area contributed by atoms with E-state index in [4.69, 9.17) is 5.11 Å². The van der Waals surface area contributed by atoms with Gasteiger partial charge in [-0.3, -0.25) is 4.79 Å². The van der Waals surface area contributed by atoms with Crippen molar-refractivity contribution >= 4 is 5.97 Å². The molecule has 0 radical (unpaired) electrons. The smallest absolute Gasteiger partial charge is 0.433 e. The fourth-order valence-corrected chi connectivity index (χ4v) is 1.88. The summed E-state index contributed by atoms with van der Waals surface area (Å²) in [6.07, 6.45) is -3.87. The number of hydrogen-bond donors (Lipinski definition) is 1. The number of aliphatic carboxylic acids is 1. The van der Waals surface area contributed by atoms with E-state index >= 15 is 0 Å². The lowest BCUT2D eigenvalue weighted by molar-refractivity contribution is -0.141. The Hall–Kier alpha value is -1.59. The summed E-state index contributed by atoms with van der Waals surface area (Å²) in [7, 11) is 0. The lowest BCUT2D eigenvalue weighted by atomic mass is 10.0. The summed E-state index contributed by atoms with van der Waals surface area (Å²) in [5.41, 5.74) is -0.306. The van der Waals surface area contributed by atoms with Crippen LogP contribution in [-0.2, 0) is 17.4 Å². The number of fused-ring (bicyclic) bond motifs is 1. The second-order valence-electron chi connectivity index (χ2n) is 3.66. The Labute approximate surface area is 88.9 Å². The molecule has 0 saturated heterocycles. The molecule has 0 amide bonds. The summed E-state index contributed by atoms with van der Waals surface area (Å²) in [5, 5.41) is 8.84. The lowest BCUT2D eigenvalue weighted by Crippen LogP contribution is -2.11. The molecule has 1 aliphatic carbocycles. The molecular formula is C10H8F3NO2. The van der Waals surface area contributed by atoms with Gasteiger partial charge in [0.25, 0.3) is 0 Å². The normalized spacial score (nSPS) is 19.6. The molecule has 1 aromatic rings. The molecule has 0 aliphatic heterocycles. The highest BCUT2D eigenvalue weighted by molar-refractivity contribution is 5.77. The number of carboxylic acid groups (broad SMARTS) is 1. The molecule has 1 N–H and O–H groups in total. The van der Waals surface area contributed by atoms with E-state index in [0.29, 0.717) is 12.0 Å². The molecule has 0 spiro atoms. The van der Waals surface area contributed by atoms with Crippen molar-refractivity contribution < 1.29 is 23.1 Å². The Morgan fingerprint density at radius 2 is 2.12 bits per heavy atom. The number of alkyl halides is 3. The van der Waals surface area contributed by atoms with Crippen molar-refractivity contribution in [2.75, 3.05) is 0 Å². The first-order valence-corrected chi connectivity index (χ1v) is 4.69. The van der Waals surface area contributed by atoms with Gasteiger partial charge in [0.05, 0.1) is 5.92 Å². The van der Waals surface area contributed by atoms with Crippen molar-refractivity contribution in [3.63, 3.8) is 0 Å². The van der Waals surface area contributed by atoms with Gasteiger partial charge in [-0.25, -0.2) is 4.98 Å². The number of carbonyl (C=O) groups is 1. The first-order chi connectivity index (χ1) is 7.39. The minimum absolute atomic E-state index is 0.252. The Kier molecular flexibility index (Phi) is 2.36. The lowest BCUT2D eigenvalue weighted by Gasteiger charge is -2.09. The average molecular weight is 231 g/mol. The van der Waals surface area contributed by atoms with Gasteiger partial charge < -0.3 is 5.11 Å². The third kappa shape index (κ3) is 1.75. The van der Waals surface area contributed by atoms with Gasteiger partial charge in [0.15, 0.2) is 0 Å². The van der Waals surface area contributed by atoms with Crippen LogP contribution in [0.5, 0.6) is 0 Å². The van der Waals surface area contributed by atoms with Gasteiger partial charge in [-0.1, -0.05) is 6.07 Å². The van der Waals surface area contributed by atoms with Crippen molar-refractivity contribution in [1.82, 2.24) is 4.98 Å². The Morgan fingerprint density at radius 1 is 1.44 bits per heavy atom. The zero-order valence-corrected chi connectivity index (χ0v) is 8.08. The van der Waals surface area contributed by atoms with Crippen molar-refractivity contribution in [2.24, 2.45) is 0 Å². The van der Waals surface area contributed by atoms with E-state index < -0.39 is 23.8 Å². The zero-order valence-electron chi connectivity index (χ0n) is 8.08. The highest BCUT2D eigenvalue weighted by atomic mass is 19.4. The van der Waals surface area contributed by atoms with Crippen LogP contribution >= 0.6 is 0 Å². The Morgan fingerprint density at radius 3 is 2.69 bits per heavy atom. The highest BCUT2D eigenvalue weighted by Gasteiger charge is 2.36. The number of aromatic nitrogens is 1. The third-order valence-electron chi connectivity index (χ3n) is 2.64. The summed E-state index contributed by atoms with van der Waals surface area (Å²) in [5.74, 6) is -1.73. The van der Waals surface area contributed by atoms with Gasteiger partial charge in [0.2, 0.25) is 0 Å². The quantitative estimate of drug-likeness (QED) is 0.806. The van der Waals surface area contributed by atoms with E-state index in [2.05, 4.69) is 4.98 Å². The molecule has 0 bridgehead atoms. The molecular weight excluding hydrogens is 223 g/mol. The molecule has 1 heterocycles. The fourth-order valence-electron chi connectivity index (χ4n) is 1.88. The summed E-state index contributed by atoms with van der Waals surface area (Å²) in [6.45, 7) is 0. The van der Waals surface area contributed by atoms with Crippen molar-refractivity contribution in [3.8, 4) is 0 Å². The molecule has 3 nitrogen and oxygen atoms in total. The molecule has 0 fully saturated rings. The van der Waals surface area contributed by atoms with Crippen molar-refractivity contribution in [2.45, 2.75) is 24.9 Å². The van der Waals surface area contributed by atoms with Crippen LogP contribution in [0.2, 0.25) is 0 Å². The maximum absolute atomic E-state index is 12.3. The predicted octanol–water partition coefficient (Wildman–Crippen LogP) is 2.21. The van der Waals surface area contributed by atoms with Crippen molar-refractivity contribution in [1.29, 1.82) is 0 Å². The maximum atomic E-state index is 12.3. The minimum Gasteiger partial charge on any atom is -0.481 e. The average Bonchev–Trinajstić information content (AvgIpc) is 2.58. The summed E-state index contributed by atoms with van der Waals surface area (Å²) in [4.78, 5) is 14.3. The monoisotopic (exact) mass is 231 g/mol. The van der Waals surface area contributed by atoms with E-state index in [1.807, 2.05) is 0 Å².